The lowest BCUT2D eigenvalue weighted by Gasteiger charge is -2.36. The zero-order valence-corrected chi connectivity index (χ0v) is 18.8. The molecule has 3 aromatic rings. The van der Waals surface area contributed by atoms with Crippen molar-refractivity contribution in [2.24, 2.45) is 5.92 Å². The minimum Gasteiger partial charge on any atom is -0.481 e. The van der Waals surface area contributed by atoms with E-state index in [2.05, 4.69) is 20.5 Å². The summed E-state index contributed by atoms with van der Waals surface area (Å²) in [7, 11) is 1.55. The van der Waals surface area contributed by atoms with Crippen LogP contribution in [0, 0.1) is 5.92 Å². The SMILES string of the molecule is CC[C@@H]1CN(CC(F)(F)F)C[C@H]1N1Cc2cc3c(-c4ccnc(OC)c4)n[nH]c3cc2NC1=O. The highest BCUT2D eigenvalue weighted by Gasteiger charge is 2.43. The number of hydrogen-bond donors (Lipinski definition) is 2. The van der Waals surface area contributed by atoms with E-state index in [0.717, 1.165) is 27.7 Å². The summed E-state index contributed by atoms with van der Waals surface area (Å²) in [5.74, 6) is 0.451. The summed E-state index contributed by atoms with van der Waals surface area (Å²) in [5, 5.41) is 11.3. The van der Waals surface area contributed by atoms with Gasteiger partial charge in [-0.1, -0.05) is 13.3 Å². The van der Waals surface area contributed by atoms with Crippen LogP contribution in [0.25, 0.3) is 22.2 Å². The third-order valence-electron chi connectivity index (χ3n) is 6.66. The Morgan fingerprint density at radius 3 is 2.79 bits per heavy atom. The molecule has 2 aliphatic rings. The van der Waals surface area contributed by atoms with Crippen LogP contribution in [0.4, 0.5) is 23.7 Å². The maximum Gasteiger partial charge on any atom is 0.401 e. The number of nitrogens with one attached hydrogen (secondary N) is 2. The first-order valence-corrected chi connectivity index (χ1v) is 11.1. The first kappa shape index (κ1) is 22.5. The van der Waals surface area contributed by atoms with E-state index in [1.54, 1.807) is 24.3 Å². The van der Waals surface area contributed by atoms with Gasteiger partial charge in [0, 0.05) is 48.5 Å². The summed E-state index contributed by atoms with van der Waals surface area (Å²) < 4.78 is 44.1. The van der Waals surface area contributed by atoms with Crippen molar-refractivity contribution in [2.45, 2.75) is 32.1 Å². The van der Waals surface area contributed by atoms with Gasteiger partial charge in [0.25, 0.3) is 0 Å². The van der Waals surface area contributed by atoms with E-state index < -0.39 is 12.7 Å². The number of H-pyrrole nitrogens is 1. The zero-order chi connectivity index (χ0) is 24.0. The topological polar surface area (TPSA) is 86.4 Å². The van der Waals surface area contributed by atoms with Gasteiger partial charge >= 0.3 is 12.2 Å². The molecular formula is C23H25F3N6O2. The van der Waals surface area contributed by atoms with Crippen molar-refractivity contribution in [3.8, 4) is 17.1 Å². The summed E-state index contributed by atoms with van der Waals surface area (Å²) in [6.45, 7) is 1.85. The van der Waals surface area contributed by atoms with Gasteiger partial charge < -0.3 is 15.0 Å². The third-order valence-corrected chi connectivity index (χ3v) is 6.66. The summed E-state index contributed by atoms with van der Waals surface area (Å²) in [6.07, 6.45) is -1.92. The van der Waals surface area contributed by atoms with Crippen molar-refractivity contribution >= 4 is 22.6 Å². The van der Waals surface area contributed by atoms with Crippen LogP contribution in [0.15, 0.2) is 30.5 Å². The van der Waals surface area contributed by atoms with Crippen LogP contribution in [-0.2, 0) is 6.54 Å². The molecule has 0 spiro atoms. The molecule has 34 heavy (non-hydrogen) atoms. The smallest absolute Gasteiger partial charge is 0.401 e. The van der Waals surface area contributed by atoms with Crippen molar-refractivity contribution in [1.82, 2.24) is 25.0 Å². The number of benzene rings is 1. The Morgan fingerprint density at radius 2 is 2.06 bits per heavy atom. The van der Waals surface area contributed by atoms with Gasteiger partial charge in [-0.25, -0.2) is 9.78 Å². The number of nitrogens with zero attached hydrogens (tertiary/aromatic N) is 4. The number of carbonyl (C=O) groups is 1. The molecule has 2 aliphatic heterocycles. The minimum absolute atomic E-state index is 0.0212. The number of pyridine rings is 1. The van der Waals surface area contributed by atoms with Crippen LogP contribution in [0.5, 0.6) is 5.88 Å². The number of methoxy groups -OCH3 is 1. The molecule has 0 bridgehead atoms. The van der Waals surface area contributed by atoms with Crippen LogP contribution >= 0.6 is 0 Å². The Kier molecular flexibility index (Phi) is 5.59. The van der Waals surface area contributed by atoms with E-state index in [1.807, 2.05) is 25.1 Å². The van der Waals surface area contributed by atoms with E-state index >= 15 is 0 Å². The zero-order valence-electron chi connectivity index (χ0n) is 18.8. The second kappa shape index (κ2) is 8.46. The van der Waals surface area contributed by atoms with Crippen molar-refractivity contribution in [1.29, 1.82) is 0 Å². The highest BCUT2D eigenvalue weighted by molar-refractivity contribution is 6.00. The number of rotatable bonds is 5. The molecule has 0 radical (unpaired) electrons. The Hall–Kier alpha value is -3.34. The molecule has 4 heterocycles. The molecule has 1 fully saturated rings. The molecule has 1 aromatic carbocycles. The number of hydrogen-bond acceptors (Lipinski definition) is 5. The van der Waals surface area contributed by atoms with Gasteiger partial charge in [0.1, 0.15) is 5.69 Å². The molecule has 8 nitrogen and oxygen atoms in total. The lowest BCUT2D eigenvalue weighted by molar-refractivity contribution is -0.144. The van der Waals surface area contributed by atoms with Crippen LogP contribution in [0.2, 0.25) is 0 Å². The van der Waals surface area contributed by atoms with Gasteiger partial charge in [-0.3, -0.25) is 10.00 Å². The molecule has 11 heteroatoms. The number of aromatic amines is 1. The van der Waals surface area contributed by atoms with Gasteiger partial charge in [0.05, 0.1) is 25.2 Å². The Morgan fingerprint density at radius 1 is 1.24 bits per heavy atom. The largest absolute Gasteiger partial charge is 0.481 e. The lowest BCUT2D eigenvalue weighted by Crippen LogP contribution is -2.49. The fraction of sp³-hybridized carbons (Fsp3) is 0.435. The number of fused-ring (bicyclic) bond motifs is 2. The van der Waals surface area contributed by atoms with Crippen LogP contribution < -0.4 is 10.1 Å². The maximum atomic E-state index is 13.0. The van der Waals surface area contributed by atoms with Crippen LogP contribution in [0.1, 0.15) is 18.9 Å². The van der Waals surface area contributed by atoms with Gasteiger partial charge in [0.2, 0.25) is 5.88 Å². The summed E-state index contributed by atoms with van der Waals surface area (Å²) in [6, 6.07) is 6.88. The van der Waals surface area contributed by atoms with E-state index in [0.29, 0.717) is 31.1 Å². The van der Waals surface area contributed by atoms with Crippen LogP contribution in [0.3, 0.4) is 0 Å². The number of amides is 2. The fourth-order valence-electron chi connectivity index (χ4n) is 5.03. The number of alkyl halides is 3. The Labute approximate surface area is 194 Å². The summed E-state index contributed by atoms with van der Waals surface area (Å²) >= 11 is 0. The van der Waals surface area contributed by atoms with E-state index in [-0.39, 0.29) is 24.5 Å². The second-order valence-corrected chi connectivity index (χ2v) is 8.82. The molecule has 2 amide bonds. The van der Waals surface area contributed by atoms with Crippen LogP contribution in [-0.4, -0.2) is 70.0 Å². The Balaban J connectivity index is 1.45. The monoisotopic (exact) mass is 474 g/mol. The second-order valence-electron chi connectivity index (χ2n) is 8.82. The highest BCUT2D eigenvalue weighted by atomic mass is 19.4. The fourth-order valence-corrected chi connectivity index (χ4v) is 5.03. The van der Waals surface area contributed by atoms with Gasteiger partial charge in [0.15, 0.2) is 0 Å². The first-order chi connectivity index (χ1) is 16.3. The van der Waals surface area contributed by atoms with Gasteiger partial charge in [-0.05, 0) is 29.7 Å². The molecule has 2 aromatic heterocycles. The number of halogens is 3. The molecule has 180 valence electrons. The van der Waals surface area contributed by atoms with Gasteiger partial charge in [-0.15, -0.1) is 0 Å². The molecule has 2 N–H and O–H groups in total. The Bertz CT molecular complexity index is 1230. The lowest BCUT2D eigenvalue weighted by atomic mass is 9.97. The molecule has 0 aliphatic carbocycles. The molecule has 0 saturated carbocycles. The highest BCUT2D eigenvalue weighted by Crippen LogP contribution is 2.36. The maximum absolute atomic E-state index is 13.0. The van der Waals surface area contributed by atoms with Crippen molar-refractivity contribution in [3.63, 3.8) is 0 Å². The minimum atomic E-state index is -4.26. The molecular weight excluding hydrogens is 449 g/mol. The predicted octanol–water partition coefficient (Wildman–Crippen LogP) is 4.25. The van der Waals surface area contributed by atoms with Crippen molar-refractivity contribution < 1.29 is 22.7 Å². The summed E-state index contributed by atoms with van der Waals surface area (Å²) in [5.41, 5.74) is 3.89. The van der Waals surface area contributed by atoms with E-state index in [9.17, 15) is 18.0 Å². The number of anilines is 1. The number of likely N-dealkylation sites (tertiary alicyclic amines) is 1. The molecule has 2 atom stereocenters. The third kappa shape index (κ3) is 4.15. The number of urea groups is 1. The quantitative estimate of drug-likeness (QED) is 0.577. The first-order valence-electron chi connectivity index (χ1n) is 11.1. The van der Waals surface area contributed by atoms with E-state index in [4.69, 9.17) is 4.74 Å². The number of ether oxygens (including phenoxy) is 1. The number of carbonyl (C=O) groups excluding carboxylic acids is 1. The predicted molar refractivity (Wildman–Crippen MR) is 121 cm³/mol. The van der Waals surface area contributed by atoms with Crippen molar-refractivity contribution in [3.05, 3.63) is 36.0 Å². The van der Waals surface area contributed by atoms with Crippen molar-refractivity contribution in [2.75, 3.05) is 32.1 Å². The normalized spacial score (nSPS) is 21.1. The van der Waals surface area contributed by atoms with E-state index in [1.165, 1.54) is 4.90 Å². The molecule has 5 rings (SSSR count). The molecule has 0 unspecified atom stereocenters. The number of aromatic nitrogens is 3. The molecule has 1 saturated heterocycles. The average Bonchev–Trinajstić information content (AvgIpc) is 3.39. The standard InChI is InChI=1S/C23H25F3N6O2/c1-3-13-9-31(12-23(24,25)26)11-19(13)32-10-15-6-16-18(8-17(15)28-22(32)33)29-30-21(16)14-4-5-27-20(7-14)34-2/h4-8,13,19H,3,9-12H2,1-2H3,(H,28,33)(H,29,30)/t13-,19-/m1/s1. The average molecular weight is 474 g/mol. The van der Waals surface area contributed by atoms with Gasteiger partial charge in [-0.2, -0.15) is 18.3 Å². The summed E-state index contributed by atoms with van der Waals surface area (Å²) in [4.78, 5) is 20.2.